The summed E-state index contributed by atoms with van der Waals surface area (Å²) in [6.45, 7) is 0. The molecular weight excluding hydrogens is 276 g/mol. The van der Waals surface area contributed by atoms with Crippen molar-refractivity contribution in [1.29, 1.82) is 0 Å². The minimum absolute atomic E-state index is 0. The van der Waals surface area contributed by atoms with E-state index in [4.69, 9.17) is 4.46 Å². The van der Waals surface area contributed by atoms with Crippen molar-refractivity contribution in [3.63, 3.8) is 0 Å². The second-order valence-corrected chi connectivity index (χ2v) is 0. The molecule has 0 aliphatic rings. The van der Waals surface area contributed by atoms with E-state index < -0.39 is 0 Å². The van der Waals surface area contributed by atoms with Gasteiger partial charge in [0, 0.05) is 67.5 Å². The minimum atomic E-state index is 0. The van der Waals surface area contributed by atoms with Gasteiger partial charge in [0.2, 0.25) is 0 Å². The van der Waals surface area contributed by atoms with Gasteiger partial charge >= 0.3 is 10.1 Å². The quantitative estimate of drug-likeness (QED) is 0.545. The zero-order chi connectivity index (χ0) is 2.00. The monoisotopic (exact) mass is 275 g/mol. The van der Waals surface area contributed by atoms with Crippen LogP contribution in [0.3, 0.4) is 0 Å². The third-order valence-electron chi connectivity index (χ3n) is 0. The second kappa shape index (κ2) is 18.7. The van der Waals surface area contributed by atoms with Crippen molar-refractivity contribution in [1.82, 2.24) is 0 Å². The molecule has 0 bridgehead atoms. The maximum absolute atomic E-state index is 8.06. The van der Waals surface area contributed by atoms with Gasteiger partial charge in [-0.15, -0.1) is 0 Å². The van der Waals surface area contributed by atoms with Crippen LogP contribution < -0.4 is 0 Å². The van der Waals surface area contributed by atoms with Crippen LogP contribution in [0.2, 0.25) is 0 Å². The van der Waals surface area contributed by atoms with Crippen molar-refractivity contribution < 1.29 is 72.0 Å². The Balaban J connectivity index is -0.00000000500. The molecule has 0 aromatic carbocycles. The van der Waals surface area contributed by atoms with Crippen molar-refractivity contribution in [2.24, 2.45) is 0 Å². The summed E-state index contributed by atoms with van der Waals surface area (Å²) in [5, 5.41) is 0. The molecule has 0 fully saturated rings. The van der Waals surface area contributed by atoms with Crippen LogP contribution >= 0.6 is 0 Å². The Morgan fingerprint density at radius 3 is 1.25 bits per heavy atom. The molecule has 0 aliphatic heterocycles. The summed E-state index contributed by atoms with van der Waals surface area (Å²) in [5.41, 5.74) is 0. The van der Waals surface area contributed by atoms with E-state index in [2.05, 4.69) is 0 Å². The molecule has 4 heteroatoms. The normalized spacial score (nSPS) is 1.00. The zero-order valence-electron chi connectivity index (χ0n) is 1.99. The van der Waals surface area contributed by atoms with Crippen LogP contribution in [0.25, 0.3) is 0 Å². The number of hydrogen-bond donors (Lipinski definition) is 0. The van der Waals surface area contributed by atoms with Gasteiger partial charge in [0.15, 0.2) is 0 Å². The van der Waals surface area contributed by atoms with Crippen LogP contribution in [0.15, 0.2) is 0 Å². The van der Waals surface area contributed by atoms with E-state index in [1.54, 1.807) is 10.1 Å². The van der Waals surface area contributed by atoms with Crippen LogP contribution in [0.5, 0.6) is 0 Å². The van der Waals surface area contributed by atoms with Gasteiger partial charge in [-0.25, -0.2) is 0 Å². The summed E-state index contributed by atoms with van der Waals surface area (Å²) < 4.78 is 8.06. The zero-order valence-corrected chi connectivity index (χ0v) is 9.15. The van der Waals surface area contributed by atoms with E-state index in [9.17, 15) is 0 Å². The summed E-state index contributed by atoms with van der Waals surface area (Å²) in [6.07, 6.45) is 0. The van der Waals surface area contributed by atoms with E-state index in [0.717, 1.165) is 0 Å². The smallest absolute Gasteiger partial charge is 0.381 e. The summed E-state index contributed by atoms with van der Waals surface area (Å²) >= 11 is 0. The van der Waals surface area contributed by atoms with E-state index >= 15 is 0 Å². The van der Waals surface area contributed by atoms with Crippen molar-refractivity contribution in [3.05, 3.63) is 0 Å². The maximum Gasteiger partial charge on any atom is 0.381 e. The van der Waals surface area contributed by atoms with Crippen molar-refractivity contribution in [3.8, 4) is 0 Å². The minimum Gasteiger partial charge on any atom is -0.381 e. The molecule has 0 amide bonds. The first-order valence-electron chi connectivity index (χ1n) is 0.204. The van der Waals surface area contributed by atoms with Crippen molar-refractivity contribution in [2.45, 2.75) is 0 Å². The molecule has 4 heavy (non-hydrogen) atoms. The average molecular weight is 276 g/mol. The van der Waals surface area contributed by atoms with Gasteiger partial charge < -0.3 is 4.46 Å². The molecular formula is OPrSiZr. The first-order chi connectivity index (χ1) is 1.00. The largest absolute Gasteiger partial charge is 0.381 e. The molecule has 0 saturated heterocycles. The van der Waals surface area contributed by atoms with Crippen LogP contribution in [-0.2, 0) is 30.7 Å². The molecule has 1 nitrogen and oxygen atoms in total. The maximum atomic E-state index is 8.06. The molecule has 0 N–H and O–H groups in total. The van der Waals surface area contributed by atoms with Crippen molar-refractivity contribution in [2.75, 3.05) is 0 Å². The SMILES string of the molecule is O=[Si].[Pr].[Zr]. The second-order valence-electron chi connectivity index (χ2n) is 0. The molecule has 0 spiro atoms. The van der Waals surface area contributed by atoms with E-state index in [1.807, 2.05) is 0 Å². The third-order valence-corrected chi connectivity index (χ3v) is 0. The van der Waals surface area contributed by atoms with E-state index in [-0.39, 0.29) is 67.5 Å². The molecule has 0 aromatic rings. The average Bonchev–Trinajstić information content (AvgIpc) is 1.00. The predicted molar refractivity (Wildman–Crippen MR) is 6.44 cm³/mol. The first kappa shape index (κ1) is 16.3. The van der Waals surface area contributed by atoms with Gasteiger partial charge in [0.05, 0.1) is 0 Å². The molecule has 0 unspecified atom stereocenters. The van der Waals surface area contributed by atoms with Gasteiger partial charge in [-0.3, -0.25) is 0 Å². The molecule has 0 aromatic heterocycles. The van der Waals surface area contributed by atoms with Gasteiger partial charge in [-0.05, 0) is 0 Å². The molecule has 0 rings (SSSR count). The molecule has 0 heterocycles. The molecule has 3 radical (unpaired) electrons. The Bertz CT molecular complexity index is 8.00. The standard InChI is InChI=1S/OSi.Pr.Zr/c1-2;;. The Morgan fingerprint density at radius 2 is 1.25 bits per heavy atom. The molecule has 0 atom stereocenters. The van der Waals surface area contributed by atoms with Gasteiger partial charge in [-0.1, -0.05) is 0 Å². The number of hydrogen-bond acceptors (Lipinski definition) is 1. The van der Waals surface area contributed by atoms with Crippen LogP contribution in [0, 0.1) is 41.3 Å². The summed E-state index contributed by atoms with van der Waals surface area (Å²) in [7, 11) is 1.72. The van der Waals surface area contributed by atoms with Crippen LogP contribution in [-0.4, -0.2) is 10.1 Å². The fourth-order valence-electron chi connectivity index (χ4n) is 0. The van der Waals surface area contributed by atoms with Gasteiger partial charge in [0.1, 0.15) is 0 Å². The number of rotatable bonds is 0. The van der Waals surface area contributed by atoms with Gasteiger partial charge in [-0.2, -0.15) is 0 Å². The van der Waals surface area contributed by atoms with Crippen LogP contribution in [0.1, 0.15) is 0 Å². The predicted octanol–water partition coefficient (Wildman–Crippen LogP) is -0.502. The Labute approximate surface area is 80.5 Å². The Hall–Kier alpha value is 2.26. The molecule has 17 valence electrons. The van der Waals surface area contributed by atoms with Crippen molar-refractivity contribution >= 4 is 10.1 Å². The first-order valence-corrected chi connectivity index (χ1v) is 0.612. The van der Waals surface area contributed by atoms with Gasteiger partial charge in [0.25, 0.3) is 0 Å². The van der Waals surface area contributed by atoms with E-state index in [1.165, 1.54) is 0 Å². The molecule has 0 aliphatic carbocycles. The topological polar surface area (TPSA) is 17.1 Å². The summed E-state index contributed by atoms with van der Waals surface area (Å²) in [5.74, 6) is 0. The fraction of sp³-hybridized carbons (Fsp3) is 0. The molecule has 0 saturated carbocycles. The Morgan fingerprint density at radius 1 is 1.25 bits per heavy atom. The third kappa shape index (κ3) is 8.86. The van der Waals surface area contributed by atoms with Crippen LogP contribution in [0.4, 0.5) is 0 Å². The summed E-state index contributed by atoms with van der Waals surface area (Å²) in [4.78, 5) is 0. The Kier molecular flexibility index (Phi) is 76.1. The fourth-order valence-corrected chi connectivity index (χ4v) is 0. The van der Waals surface area contributed by atoms with E-state index in [0.29, 0.717) is 0 Å². The summed E-state index contributed by atoms with van der Waals surface area (Å²) in [6, 6.07) is 0.